The minimum Gasteiger partial charge on any atom is -0.406 e. The molecule has 0 bridgehead atoms. The molecule has 0 aliphatic carbocycles. The fourth-order valence-corrected chi connectivity index (χ4v) is 2.17. The van der Waals surface area contributed by atoms with Crippen LogP contribution in [0.15, 0.2) is 48.5 Å². The minimum atomic E-state index is -4.81. The predicted molar refractivity (Wildman–Crippen MR) is 91.8 cm³/mol. The first-order chi connectivity index (χ1) is 13.0. The fraction of sp³-hybridized carbons (Fsp3) is 0.176. The largest absolute Gasteiger partial charge is 0.573 e. The summed E-state index contributed by atoms with van der Waals surface area (Å²) in [6.07, 6.45) is -4.81. The number of ether oxygens (including phenoxy) is 1. The molecule has 0 fully saturated rings. The highest BCUT2D eigenvalue weighted by atomic mass is 19.4. The number of alkyl halides is 3. The van der Waals surface area contributed by atoms with Gasteiger partial charge in [-0.15, -0.1) is 13.2 Å². The molecule has 0 aromatic heterocycles. The van der Waals surface area contributed by atoms with Crippen LogP contribution >= 0.6 is 0 Å². The Morgan fingerprint density at radius 1 is 1.11 bits per heavy atom. The van der Waals surface area contributed by atoms with Gasteiger partial charge in [-0.1, -0.05) is 0 Å². The molecule has 148 valence electrons. The van der Waals surface area contributed by atoms with Gasteiger partial charge in [0.25, 0.3) is 11.6 Å². The Morgan fingerprint density at radius 3 is 2.18 bits per heavy atom. The van der Waals surface area contributed by atoms with Gasteiger partial charge >= 0.3 is 6.36 Å². The molecule has 2 aromatic carbocycles. The fourth-order valence-electron chi connectivity index (χ4n) is 2.17. The minimum absolute atomic E-state index is 0.162. The van der Waals surface area contributed by atoms with Gasteiger partial charge in [-0.25, -0.2) is 0 Å². The number of anilines is 1. The van der Waals surface area contributed by atoms with Gasteiger partial charge in [0, 0.05) is 30.4 Å². The van der Waals surface area contributed by atoms with E-state index in [1.807, 2.05) is 0 Å². The molecule has 0 saturated heterocycles. The number of nitrogens with one attached hydrogen (secondary N) is 1. The van der Waals surface area contributed by atoms with Crippen LogP contribution in [0.25, 0.3) is 0 Å². The lowest BCUT2D eigenvalue weighted by atomic mass is 10.2. The summed E-state index contributed by atoms with van der Waals surface area (Å²) >= 11 is 0. The number of nitro benzene ring substituents is 1. The number of halogens is 3. The molecule has 2 amide bonds. The van der Waals surface area contributed by atoms with Crippen LogP contribution in [0.1, 0.15) is 10.4 Å². The Hall–Kier alpha value is -3.63. The highest BCUT2D eigenvalue weighted by Crippen LogP contribution is 2.24. The summed E-state index contributed by atoms with van der Waals surface area (Å²) in [4.78, 5) is 35.4. The molecule has 0 aliphatic rings. The van der Waals surface area contributed by atoms with E-state index >= 15 is 0 Å². The summed E-state index contributed by atoms with van der Waals surface area (Å²) in [6.45, 7) is -0.337. The highest BCUT2D eigenvalue weighted by molar-refractivity contribution is 5.99. The van der Waals surface area contributed by atoms with Crippen LogP contribution in [0.5, 0.6) is 5.75 Å². The lowest BCUT2D eigenvalue weighted by Gasteiger charge is -2.17. The molecular formula is C17H14F3N3O5. The smallest absolute Gasteiger partial charge is 0.406 e. The zero-order valence-corrected chi connectivity index (χ0v) is 14.4. The molecule has 2 aromatic rings. The van der Waals surface area contributed by atoms with Gasteiger partial charge in [-0.05, 0) is 36.4 Å². The number of hydrogen-bond donors (Lipinski definition) is 1. The topological polar surface area (TPSA) is 102 Å². The molecule has 11 heteroatoms. The quantitative estimate of drug-likeness (QED) is 0.596. The molecule has 0 heterocycles. The van der Waals surface area contributed by atoms with Crippen LogP contribution < -0.4 is 10.1 Å². The number of nitro groups is 1. The second-order valence-electron chi connectivity index (χ2n) is 5.59. The van der Waals surface area contributed by atoms with E-state index in [0.717, 1.165) is 17.0 Å². The Bertz CT molecular complexity index is 867. The summed E-state index contributed by atoms with van der Waals surface area (Å²) in [6, 6.07) is 9.40. The molecule has 28 heavy (non-hydrogen) atoms. The summed E-state index contributed by atoms with van der Waals surface area (Å²) in [5, 5.41) is 13.1. The third-order valence-corrected chi connectivity index (χ3v) is 3.42. The first-order valence-corrected chi connectivity index (χ1v) is 7.71. The van der Waals surface area contributed by atoms with Crippen molar-refractivity contribution < 1.29 is 32.4 Å². The highest BCUT2D eigenvalue weighted by Gasteiger charge is 2.31. The van der Waals surface area contributed by atoms with Gasteiger partial charge in [0.1, 0.15) is 5.75 Å². The van der Waals surface area contributed by atoms with Gasteiger partial charge < -0.3 is 15.0 Å². The van der Waals surface area contributed by atoms with E-state index < -0.39 is 28.8 Å². The van der Waals surface area contributed by atoms with Crippen LogP contribution in [0, 0.1) is 10.1 Å². The molecule has 0 spiro atoms. The van der Waals surface area contributed by atoms with Crippen LogP contribution in [0.4, 0.5) is 24.5 Å². The lowest BCUT2D eigenvalue weighted by Crippen LogP contribution is -2.34. The number of carbonyl (C=O) groups is 2. The summed E-state index contributed by atoms with van der Waals surface area (Å²) < 4.78 is 40.1. The Morgan fingerprint density at radius 2 is 1.68 bits per heavy atom. The first kappa shape index (κ1) is 20.7. The molecule has 1 N–H and O–H groups in total. The molecule has 8 nitrogen and oxygen atoms in total. The zero-order valence-electron chi connectivity index (χ0n) is 14.4. The van der Waals surface area contributed by atoms with Crippen LogP contribution in [0.3, 0.4) is 0 Å². The standard InChI is InChI=1S/C17H14F3N3O5/c1-22(16(25)11-2-6-13(7-3-11)23(26)27)10-15(24)21-12-4-8-14(9-5-12)28-17(18,19)20/h2-9H,10H2,1H3,(H,21,24). The first-order valence-electron chi connectivity index (χ1n) is 7.71. The van der Waals surface area contributed by atoms with E-state index in [1.54, 1.807) is 0 Å². The number of hydrogen-bond acceptors (Lipinski definition) is 5. The van der Waals surface area contributed by atoms with Crippen molar-refractivity contribution in [3.8, 4) is 5.75 Å². The molecular weight excluding hydrogens is 383 g/mol. The second-order valence-corrected chi connectivity index (χ2v) is 5.59. The molecule has 0 saturated carbocycles. The van der Waals surface area contributed by atoms with Crippen molar-refractivity contribution >= 4 is 23.2 Å². The average Bonchev–Trinajstić information content (AvgIpc) is 2.61. The maximum atomic E-state index is 12.2. The number of likely N-dealkylation sites (N-methyl/N-ethyl adjacent to an activating group) is 1. The number of carbonyl (C=O) groups excluding carboxylic acids is 2. The van der Waals surface area contributed by atoms with E-state index in [9.17, 15) is 32.9 Å². The van der Waals surface area contributed by atoms with E-state index in [2.05, 4.69) is 10.1 Å². The van der Waals surface area contributed by atoms with Crippen LogP contribution in [-0.4, -0.2) is 41.6 Å². The molecule has 0 atom stereocenters. The van der Waals surface area contributed by atoms with E-state index in [1.165, 1.54) is 43.4 Å². The molecule has 0 unspecified atom stereocenters. The SMILES string of the molecule is CN(CC(=O)Nc1ccc(OC(F)(F)F)cc1)C(=O)c1ccc([N+](=O)[O-])cc1. The third-order valence-electron chi connectivity index (χ3n) is 3.42. The number of rotatable bonds is 6. The summed E-state index contributed by atoms with van der Waals surface area (Å²) in [5.74, 6) is -1.54. The van der Waals surface area contributed by atoms with Crippen molar-refractivity contribution in [2.75, 3.05) is 18.9 Å². The lowest BCUT2D eigenvalue weighted by molar-refractivity contribution is -0.384. The van der Waals surface area contributed by atoms with Crippen molar-refractivity contribution in [3.05, 3.63) is 64.2 Å². The van der Waals surface area contributed by atoms with Crippen LogP contribution in [0.2, 0.25) is 0 Å². The van der Waals surface area contributed by atoms with Gasteiger partial charge in [0.15, 0.2) is 0 Å². The third kappa shape index (κ3) is 5.97. The average molecular weight is 397 g/mol. The summed E-state index contributed by atoms with van der Waals surface area (Å²) in [5.41, 5.74) is 0.208. The molecule has 0 aliphatic heterocycles. The Balaban J connectivity index is 1.92. The van der Waals surface area contributed by atoms with Gasteiger partial charge in [0.2, 0.25) is 5.91 Å². The van der Waals surface area contributed by atoms with E-state index in [4.69, 9.17) is 0 Å². The monoisotopic (exact) mass is 397 g/mol. The van der Waals surface area contributed by atoms with Crippen LogP contribution in [-0.2, 0) is 4.79 Å². The number of amides is 2. The number of benzene rings is 2. The molecule has 0 radical (unpaired) electrons. The van der Waals surface area contributed by atoms with Crippen molar-refractivity contribution in [1.29, 1.82) is 0 Å². The number of nitrogens with zero attached hydrogens (tertiary/aromatic N) is 2. The Kier molecular flexibility index (Phi) is 6.18. The predicted octanol–water partition coefficient (Wildman–Crippen LogP) is 3.20. The maximum Gasteiger partial charge on any atom is 0.573 e. The van der Waals surface area contributed by atoms with E-state index in [-0.39, 0.29) is 23.5 Å². The number of non-ortho nitro benzene ring substituents is 1. The van der Waals surface area contributed by atoms with E-state index in [0.29, 0.717) is 0 Å². The van der Waals surface area contributed by atoms with Gasteiger partial charge in [-0.3, -0.25) is 19.7 Å². The van der Waals surface area contributed by atoms with Gasteiger partial charge in [-0.2, -0.15) is 0 Å². The Labute approximate surface area is 156 Å². The van der Waals surface area contributed by atoms with Crippen molar-refractivity contribution in [2.45, 2.75) is 6.36 Å². The second kappa shape index (κ2) is 8.37. The maximum absolute atomic E-state index is 12.2. The van der Waals surface area contributed by atoms with Crippen molar-refractivity contribution in [3.63, 3.8) is 0 Å². The van der Waals surface area contributed by atoms with Crippen molar-refractivity contribution in [2.24, 2.45) is 0 Å². The summed E-state index contributed by atoms with van der Waals surface area (Å²) in [7, 11) is 1.36. The zero-order chi connectivity index (χ0) is 20.9. The normalized spacial score (nSPS) is 10.9. The van der Waals surface area contributed by atoms with Gasteiger partial charge in [0.05, 0.1) is 11.5 Å². The van der Waals surface area contributed by atoms with Crippen molar-refractivity contribution in [1.82, 2.24) is 4.90 Å². The molecule has 2 rings (SSSR count).